The summed E-state index contributed by atoms with van der Waals surface area (Å²) in [5, 5.41) is 12.0. The highest BCUT2D eigenvalue weighted by molar-refractivity contribution is 5.74. The SMILES string of the molecule is O=C(O)[C@@H]1C[C@H]2CCCCC2N1. The molecular formula is C9H15NO2. The number of aliphatic carboxylic acids is 1. The minimum atomic E-state index is -0.676. The van der Waals surface area contributed by atoms with Crippen molar-refractivity contribution in [3.05, 3.63) is 0 Å². The first-order valence-electron chi connectivity index (χ1n) is 4.76. The zero-order chi connectivity index (χ0) is 8.55. The molecule has 0 aromatic carbocycles. The van der Waals surface area contributed by atoms with Gasteiger partial charge in [-0.25, -0.2) is 0 Å². The molecule has 1 saturated carbocycles. The third kappa shape index (κ3) is 1.33. The molecule has 2 fully saturated rings. The number of hydrogen-bond acceptors (Lipinski definition) is 2. The Hall–Kier alpha value is -0.570. The summed E-state index contributed by atoms with van der Waals surface area (Å²) in [6, 6.07) is 0.234. The molecule has 0 radical (unpaired) electrons. The minimum Gasteiger partial charge on any atom is -0.480 e. The maximum atomic E-state index is 10.7. The molecule has 2 rings (SSSR count). The zero-order valence-electron chi connectivity index (χ0n) is 7.12. The molecule has 0 aromatic rings. The van der Waals surface area contributed by atoms with Crippen molar-refractivity contribution in [2.24, 2.45) is 5.92 Å². The third-order valence-electron chi connectivity index (χ3n) is 3.16. The normalized spacial score (nSPS) is 40.8. The summed E-state index contributed by atoms with van der Waals surface area (Å²) in [4.78, 5) is 10.7. The highest BCUT2D eigenvalue weighted by Crippen LogP contribution is 2.32. The van der Waals surface area contributed by atoms with Crippen LogP contribution in [0.25, 0.3) is 0 Å². The fraction of sp³-hybridized carbons (Fsp3) is 0.889. The summed E-state index contributed by atoms with van der Waals surface area (Å²) in [5.74, 6) is -0.0377. The summed E-state index contributed by atoms with van der Waals surface area (Å²) >= 11 is 0. The topological polar surface area (TPSA) is 49.3 Å². The molecular weight excluding hydrogens is 154 g/mol. The maximum absolute atomic E-state index is 10.7. The summed E-state index contributed by atoms with van der Waals surface area (Å²) in [7, 11) is 0. The number of nitrogens with one attached hydrogen (secondary N) is 1. The van der Waals surface area contributed by atoms with E-state index in [1.807, 2.05) is 0 Å². The van der Waals surface area contributed by atoms with E-state index in [1.54, 1.807) is 0 Å². The van der Waals surface area contributed by atoms with Crippen LogP contribution < -0.4 is 5.32 Å². The number of rotatable bonds is 1. The van der Waals surface area contributed by atoms with Crippen LogP contribution in [0, 0.1) is 5.92 Å². The molecule has 68 valence electrons. The second-order valence-corrected chi connectivity index (χ2v) is 3.94. The quantitative estimate of drug-likeness (QED) is 0.615. The van der Waals surface area contributed by atoms with Crippen LogP contribution in [0.3, 0.4) is 0 Å². The largest absolute Gasteiger partial charge is 0.480 e. The number of carbonyl (C=O) groups is 1. The van der Waals surface area contributed by atoms with E-state index in [9.17, 15) is 4.79 Å². The lowest BCUT2D eigenvalue weighted by atomic mass is 9.85. The van der Waals surface area contributed by atoms with Crippen LogP contribution in [0.2, 0.25) is 0 Å². The molecule has 3 atom stereocenters. The van der Waals surface area contributed by atoms with Gasteiger partial charge in [-0.15, -0.1) is 0 Å². The van der Waals surface area contributed by atoms with Gasteiger partial charge in [0.05, 0.1) is 0 Å². The lowest BCUT2D eigenvalue weighted by molar-refractivity contribution is -0.139. The number of carboxylic acid groups (broad SMARTS) is 1. The van der Waals surface area contributed by atoms with E-state index >= 15 is 0 Å². The number of carboxylic acids is 1. The Balaban J connectivity index is 1.98. The Morgan fingerprint density at radius 3 is 2.75 bits per heavy atom. The van der Waals surface area contributed by atoms with E-state index in [0.717, 1.165) is 6.42 Å². The van der Waals surface area contributed by atoms with E-state index in [1.165, 1.54) is 25.7 Å². The van der Waals surface area contributed by atoms with Gasteiger partial charge >= 0.3 is 5.97 Å². The van der Waals surface area contributed by atoms with Crippen LogP contribution in [0.4, 0.5) is 0 Å². The predicted molar refractivity (Wildman–Crippen MR) is 44.9 cm³/mol. The predicted octanol–water partition coefficient (Wildman–Crippen LogP) is 0.992. The summed E-state index contributed by atoms with van der Waals surface area (Å²) in [5.41, 5.74) is 0. The first-order valence-corrected chi connectivity index (χ1v) is 4.76. The van der Waals surface area contributed by atoms with Crippen molar-refractivity contribution >= 4 is 5.97 Å². The smallest absolute Gasteiger partial charge is 0.320 e. The van der Waals surface area contributed by atoms with Gasteiger partial charge in [0, 0.05) is 6.04 Å². The van der Waals surface area contributed by atoms with Gasteiger partial charge in [0.25, 0.3) is 0 Å². The average Bonchev–Trinajstić information content (AvgIpc) is 2.46. The molecule has 0 aromatic heterocycles. The Morgan fingerprint density at radius 1 is 1.33 bits per heavy atom. The van der Waals surface area contributed by atoms with Crippen molar-refractivity contribution in [1.29, 1.82) is 0 Å². The first-order chi connectivity index (χ1) is 5.77. The van der Waals surface area contributed by atoms with Crippen molar-refractivity contribution < 1.29 is 9.90 Å². The van der Waals surface area contributed by atoms with Gasteiger partial charge in [0.15, 0.2) is 0 Å². The van der Waals surface area contributed by atoms with E-state index in [-0.39, 0.29) is 6.04 Å². The molecule has 1 unspecified atom stereocenters. The Kier molecular flexibility index (Phi) is 2.05. The van der Waals surface area contributed by atoms with Crippen molar-refractivity contribution in [2.45, 2.75) is 44.2 Å². The van der Waals surface area contributed by atoms with E-state index < -0.39 is 5.97 Å². The summed E-state index contributed by atoms with van der Waals surface area (Å²) in [6.45, 7) is 0. The van der Waals surface area contributed by atoms with Crippen LogP contribution in [0.5, 0.6) is 0 Å². The Morgan fingerprint density at radius 2 is 2.08 bits per heavy atom. The average molecular weight is 169 g/mol. The van der Waals surface area contributed by atoms with Gasteiger partial charge in [0.2, 0.25) is 0 Å². The molecule has 3 nitrogen and oxygen atoms in total. The molecule has 0 bridgehead atoms. The van der Waals surface area contributed by atoms with Crippen molar-refractivity contribution in [3.8, 4) is 0 Å². The molecule has 2 N–H and O–H groups in total. The van der Waals surface area contributed by atoms with Crippen molar-refractivity contribution in [2.75, 3.05) is 0 Å². The van der Waals surface area contributed by atoms with E-state index in [4.69, 9.17) is 5.11 Å². The van der Waals surface area contributed by atoms with Gasteiger partial charge in [0.1, 0.15) is 6.04 Å². The standard InChI is InChI=1S/C9H15NO2/c11-9(12)8-5-6-3-1-2-4-7(6)10-8/h6-8,10H,1-5H2,(H,11,12)/t6-,7?,8+/m1/s1. The van der Waals surface area contributed by atoms with Crippen LogP contribution in [0.1, 0.15) is 32.1 Å². The summed E-state index contributed by atoms with van der Waals surface area (Å²) < 4.78 is 0. The van der Waals surface area contributed by atoms with Gasteiger partial charge in [-0.2, -0.15) is 0 Å². The van der Waals surface area contributed by atoms with Crippen LogP contribution in [-0.2, 0) is 4.79 Å². The second kappa shape index (κ2) is 3.05. The molecule has 1 aliphatic heterocycles. The van der Waals surface area contributed by atoms with Crippen LogP contribution in [-0.4, -0.2) is 23.2 Å². The molecule has 1 heterocycles. The van der Waals surface area contributed by atoms with Crippen molar-refractivity contribution in [3.63, 3.8) is 0 Å². The fourth-order valence-electron chi connectivity index (χ4n) is 2.51. The zero-order valence-corrected chi connectivity index (χ0v) is 7.12. The lowest BCUT2D eigenvalue weighted by Crippen LogP contribution is -2.36. The van der Waals surface area contributed by atoms with Crippen LogP contribution in [0.15, 0.2) is 0 Å². The van der Waals surface area contributed by atoms with E-state index in [2.05, 4.69) is 5.32 Å². The molecule has 2 aliphatic rings. The molecule has 3 heteroatoms. The lowest BCUT2D eigenvalue weighted by Gasteiger charge is -2.24. The fourth-order valence-corrected chi connectivity index (χ4v) is 2.51. The molecule has 1 aliphatic carbocycles. The second-order valence-electron chi connectivity index (χ2n) is 3.94. The van der Waals surface area contributed by atoms with Gasteiger partial charge in [-0.05, 0) is 25.2 Å². The molecule has 0 amide bonds. The van der Waals surface area contributed by atoms with Gasteiger partial charge in [-0.3, -0.25) is 4.79 Å². The van der Waals surface area contributed by atoms with Gasteiger partial charge < -0.3 is 10.4 Å². The van der Waals surface area contributed by atoms with E-state index in [0.29, 0.717) is 12.0 Å². The van der Waals surface area contributed by atoms with Gasteiger partial charge in [-0.1, -0.05) is 12.8 Å². The maximum Gasteiger partial charge on any atom is 0.320 e. The Labute approximate surface area is 72.2 Å². The molecule has 0 spiro atoms. The highest BCUT2D eigenvalue weighted by atomic mass is 16.4. The van der Waals surface area contributed by atoms with Crippen LogP contribution >= 0.6 is 0 Å². The summed E-state index contributed by atoms with van der Waals surface area (Å²) in [6.07, 6.45) is 5.80. The minimum absolute atomic E-state index is 0.266. The number of hydrogen-bond donors (Lipinski definition) is 2. The molecule has 1 saturated heterocycles. The first kappa shape index (κ1) is 8.05. The van der Waals surface area contributed by atoms with Crippen molar-refractivity contribution in [1.82, 2.24) is 5.32 Å². The Bertz CT molecular complexity index is 179. The number of fused-ring (bicyclic) bond motifs is 1. The molecule has 12 heavy (non-hydrogen) atoms. The monoisotopic (exact) mass is 169 g/mol. The third-order valence-corrected chi connectivity index (χ3v) is 3.16. The highest BCUT2D eigenvalue weighted by Gasteiger charge is 2.37.